The number of nitrogens with one attached hydrogen (secondary N) is 2. The molecule has 0 radical (unpaired) electrons. The van der Waals surface area contributed by atoms with E-state index < -0.39 is 0 Å². The van der Waals surface area contributed by atoms with Crippen LogP contribution < -0.4 is 10.6 Å². The first-order valence-electron chi connectivity index (χ1n) is 7.84. The van der Waals surface area contributed by atoms with Gasteiger partial charge in [0.25, 0.3) is 0 Å². The Morgan fingerprint density at radius 3 is 2.46 bits per heavy atom. The highest BCUT2D eigenvalue weighted by Gasteiger charge is 2.16. The number of rotatable bonds is 6. The molecule has 0 fully saturated rings. The van der Waals surface area contributed by atoms with E-state index in [0.29, 0.717) is 13.0 Å². The van der Waals surface area contributed by atoms with Crippen LogP contribution in [-0.4, -0.2) is 17.6 Å². The van der Waals surface area contributed by atoms with E-state index in [9.17, 15) is 4.79 Å². The summed E-state index contributed by atoms with van der Waals surface area (Å²) in [7, 11) is 0. The number of carbonyl (C=O) groups is 1. The third-order valence-electron chi connectivity index (χ3n) is 3.68. The van der Waals surface area contributed by atoms with Crippen molar-refractivity contribution in [3.8, 4) is 0 Å². The number of benzene rings is 1. The van der Waals surface area contributed by atoms with Crippen molar-refractivity contribution < 1.29 is 9.21 Å². The minimum absolute atomic E-state index is 0.216. The molecular formula is C19H19N3O2. The van der Waals surface area contributed by atoms with E-state index in [-0.39, 0.29) is 12.1 Å². The zero-order chi connectivity index (χ0) is 16.6. The highest BCUT2D eigenvalue weighted by molar-refractivity contribution is 5.75. The minimum atomic E-state index is -0.224. The smallest absolute Gasteiger partial charge is 0.315 e. The number of aromatic nitrogens is 1. The number of carbonyl (C=O) groups excluding carboxylic acids is 1. The molecule has 1 atom stereocenters. The lowest BCUT2D eigenvalue weighted by Crippen LogP contribution is -2.39. The Labute approximate surface area is 140 Å². The van der Waals surface area contributed by atoms with Gasteiger partial charge < -0.3 is 15.1 Å². The maximum Gasteiger partial charge on any atom is 0.315 e. The van der Waals surface area contributed by atoms with Crippen LogP contribution in [0.5, 0.6) is 0 Å². The average molecular weight is 321 g/mol. The van der Waals surface area contributed by atoms with Crippen LogP contribution in [0.15, 0.2) is 77.7 Å². The van der Waals surface area contributed by atoms with Gasteiger partial charge in [-0.15, -0.1) is 0 Å². The van der Waals surface area contributed by atoms with Gasteiger partial charge in [-0.25, -0.2) is 4.79 Å². The van der Waals surface area contributed by atoms with Gasteiger partial charge in [0.15, 0.2) is 0 Å². The van der Waals surface area contributed by atoms with Crippen LogP contribution in [0.3, 0.4) is 0 Å². The molecule has 3 aromatic rings. The maximum absolute atomic E-state index is 12.3. The summed E-state index contributed by atoms with van der Waals surface area (Å²) in [6, 6.07) is 17.0. The molecule has 0 bridgehead atoms. The van der Waals surface area contributed by atoms with E-state index >= 15 is 0 Å². The fourth-order valence-electron chi connectivity index (χ4n) is 2.50. The van der Waals surface area contributed by atoms with Crippen LogP contribution in [0.25, 0.3) is 0 Å². The van der Waals surface area contributed by atoms with Crippen molar-refractivity contribution >= 4 is 6.03 Å². The monoisotopic (exact) mass is 321 g/mol. The van der Waals surface area contributed by atoms with Gasteiger partial charge in [-0.3, -0.25) is 4.98 Å². The number of hydrogen-bond donors (Lipinski definition) is 2. The first kappa shape index (κ1) is 15.8. The molecule has 0 aliphatic heterocycles. The van der Waals surface area contributed by atoms with Crippen molar-refractivity contribution in [1.82, 2.24) is 15.6 Å². The predicted molar refractivity (Wildman–Crippen MR) is 91.5 cm³/mol. The van der Waals surface area contributed by atoms with Gasteiger partial charge in [0.05, 0.1) is 12.3 Å². The minimum Gasteiger partial charge on any atom is -0.469 e. The zero-order valence-corrected chi connectivity index (χ0v) is 13.2. The highest BCUT2D eigenvalue weighted by atomic mass is 16.3. The summed E-state index contributed by atoms with van der Waals surface area (Å²) in [5, 5.41) is 5.89. The summed E-state index contributed by atoms with van der Waals surface area (Å²) in [5.41, 5.74) is 2.00. The van der Waals surface area contributed by atoms with E-state index in [1.165, 1.54) is 0 Å². The Balaban J connectivity index is 1.64. The lowest BCUT2D eigenvalue weighted by Gasteiger charge is -2.20. The topological polar surface area (TPSA) is 67.2 Å². The number of nitrogens with zero attached hydrogens (tertiary/aromatic N) is 1. The summed E-state index contributed by atoms with van der Waals surface area (Å²) in [6.07, 6.45) is 5.74. The molecule has 5 heteroatoms. The van der Waals surface area contributed by atoms with E-state index in [1.807, 2.05) is 54.6 Å². The normalized spacial score (nSPS) is 11.7. The van der Waals surface area contributed by atoms with Crippen molar-refractivity contribution in [3.63, 3.8) is 0 Å². The second-order valence-electron chi connectivity index (χ2n) is 5.35. The number of amides is 2. The second kappa shape index (κ2) is 7.97. The van der Waals surface area contributed by atoms with Crippen LogP contribution in [0.2, 0.25) is 0 Å². The Hall–Kier alpha value is -3.08. The van der Waals surface area contributed by atoms with Crippen LogP contribution in [0, 0.1) is 0 Å². The largest absolute Gasteiger partial charge is 0.469 e. The summed E-state index contributed by atoms with van der Waals surface area (Å²) in [6.45, 7) is 0.511. The third kappa shape index (κ3) is 4.23. The Morgan fingerprint density at radius 2 is 1.75 bits per heavy atom. The second-order valence-corrected chi connectivity index (χ2v) is 5.35. The summed E-state index contributed by atoms with van der Waals surface area (Å²) < 4.78 is 5.26. The Kier molecular flexibility index (Phi) is 5.24. The zero-order valence-electron chi connectivity index (χ0n) is 13.2. The van der Waals surface area contributed by atoms with E-state index in [1.54, 1.807) is 18.7 Å². The van der Waals surface area contributed by atoms with Gasteiger partial charge in [0.1, 0.15) is 5.76 Å². The number of furan rings is 1. The Bertz CT molecular complexity index is 703. The van der Waals surface area contributed by atoms with E-state index in [2.05, 4.69) is 15.6 Å². The van der Waals surface area contributed by atoms with Gasteiger partial charge in [0, 0.05) is 25.4 Å². The molecule has 2 heterocycles. The maximum atomic E-state index is 12.3. The molecule has 5 nitrogen and oxygen atoms in total. The van der Waals surface area contributed by atoms with E-state index in [4.69, 9.17) is 4.42 Å². The molecule has 3 rings (SSSR count). The van der Waals surface area contributed by atoms with E-state index in [0.717, 1.165) is 16.9 Å². The predicted octanol–water partition coefficient (Wildman–Crippen LogP) is 3.31. The molecule has 2 aromatic heterocycles. The number of hydrogen-bond acceptors (Lipinski definition) is 3. The van der Waals surface area contributed by atoms with Crippen molar-refractivity contribution in [3.05, 3.63) is 90.1 Å². The molecule has 24 heavy (non-hydrogen) atoms. The van der Waals surface area contributed by atoms with Gasteiger partial charge >= 0.3 is 6.03 Å². The fraction of sp³-hybridized carbons (Fsp3) is 0.158. The molecule has 0 unspecified atom stereocenters. The van der Waals surface area contributed by atoms with Crippen molar-refractivity contribution in [2.24, 2.45) is 0 Å². The van der Waals surface area contributed by atoms with Crippen molar-refractivity contribution in [2.45, 2.75) is 12.5 Å². The van der Waals surface area contributed by atoms with Gasteiger partial charge in [-0.05, 0) is 35.4 Å². The lowest BCUT2D eigenvalue weighted by molar-refractivity contribution is 0.238. The Morgan fingerprint density at radius 1 is 1.00 bits per heavy atom. The first-order valence-corrected chi connectivity index (χ1v) is 7.84. The van der Waals surface area contributed by atoms with Crippen molar-refractivity contribution in [2.75, 3.05) is 6.54 Å². The molecule has 1 aromatic carbocycles. The van der Waals surface area contributed by atoms with Crippen LogP contribution in [0.1, 0.15) is 22.9 Å². The standard InChI is InChI=1S/C19H19N3O2/c23-19(21-13-10-17-7-4-14-24-17)22-18(15-5-2-1-3-6-15)16-8-11-20-12-9-16/h1-9,11-12,14,18H,10,13H2,(H2,21,22,23)/t18-/m1/s1. The molecule has 0 spiro atoms. The van der Waals surface area contributed by atoms with Crippen molar-refractivity contribution in [1.29, 1.82) is 0 Å². The number of urea groups is 1. The molecule has 122 valence electrons. The molecular weight excluding hydrogens is 302 g/mol. The van der Waals surface area contributed by atoms with Crippen LogP contribution in [0.4, 0.5) is 4.79 Å². The first-order chi connectivity index (χ1) is 11.8. The SMILES string of the molecule is O=C(NCCc1ccco1)N[C@H](c1ccccc1)c1ccncc1. The molecule has 0 aliphatic rings. The lowest BCUT2D eigenvalue weighted by atomic mass is 10.00. The molecule has 0 aliphatic carbocycles. The molecule has 0 saturated heterocycles. The fourth-order valence-corrected chi connectivity index (χ4v) is 2.50. The summed E-state index contributed by atoms with van der Waals surface area (Å²) >= 11 is 0. The molecule has 2 N–H and O–H groups in total. The third-order valence-corrected chi connectivity index (χ3v) is 3.68. The van der Waals surface area contributed by atoms with Gasteiger partial charge in [0.2, 0.25) is 0 Å². The quantitative estimate of drug-likeness (QED) is 0.732. The van der Waals surface area contributed by atoms with Gasteiger partial charge in [-0.2, -0.15) is 0 Å². The summed E-state index contributed by atoms with van der Waals surface area (Å²) in [5.74, 6) is 0.851. The molecule has 0 saturated carbocycles. The van der Waals surface area contributed by atoms with Gasteiger partial charge in [-0.1, -0.05) is 30.3 Å². The van der Waals surface area contributed by atoms with Crippen LogP contribution >= 0.6 is 0 Å². The molecule has 2 amide bonds. The highest BCUT2D eigenvalue weighted by Crippen LogP contribution is 2.21. The number of pyridine rings is 1. The average Bonchev–Trinajstić information content (AvgIpc) is 3.15. The summed E-state index contributed by atoms with van der Waals surface area (Å²) in [4.78, 5) is 16.3. The van der Waals surface area contributed by atoms with Crippen LogP contribution in [-0.2, 0) is 6.42 Å².